The summed E-state index contributed by atoms with van der Waals surface area (Å²) >= 11 is 0. The van der Waals surface area contributed by atoms with E-state index in [1.54, 1.807) is 14.0 Å². The van der Waals surface area contributed by atoms with E-state index in [2.05, 4.69) is 5.10 Å². The molecule has 7 heteroatoms. The van der Waals surface area contributed by atoms with Gasteiger partial charge in [-0.25, -0.2) is 8.78 Å². The summed E-state index contributed by atoms with van der Waals surface area (Å²) in [4.78, 5) is 11.3. The van der Waals surface area contributed by atoms with E-state index in [0.717, 1.165) is 0 Å². The molecule has 0 unspecified atom stereocenters. The van der Waals surface area contributed by atoms with Crippen LogP contribution in [0.15, 0.2) is 18.0 Å². The molecule has 0 aliphatic rings. The monoisotopic (exact) mass is 238 g/mol. The molecule has 0 fully saturated rings. The average molecular weight is 238 g/mol. The topological polar surface area (TPSA) is 57.9 Å². The van der Waals surface area contributed by atoms with Crippen molar-refractivity contribution in [2.24, 2.45) is 7.05 Å². The Labute approximate surface area is 113 Å². The molecule has 82 valence electrons. The second-order valence-corrected chi connectivity index (χ2v) is 2.98. The zero-order valence-corrected chi connectivity index (χ0v) is 11.2. The first-order valence-electron chi connectivity index (χ1n) is 4.13. The van der Waals surface area contributed by atoms with Crippen LogP contribution in [0, 0.1) is 6.92 Å². The number of rotatable bonds is 3. The van der Waals surface area contributed by atoms with E-state index in [1.807, 2.05) is 0 Å². The molecule has 1 aromatic heterocycles. The first-order chi connectivity index (χ1) is 6.93. The molecule has 0 aromatic carbocycles. The Bertz CT molecular complexity index is 416. The molecule has 0 radical (unpaired) electrons. The van der Waals surface area contributed by atoms with Crippen LogP contribution in [0.2, 0.25) is 0 Å². The van der Waals surface area contributed by atoms with Gasteiger partial charge in [0.2, 0.25) is 6.43 Å². The number of carbonyl (C=O) groups excluding carboxylic acids is 1. The van der Waals surface area contributed by atoms with Crippen molar-refractivity contribution in [2.75, 3.05) is 0 Å². The van der Waals surface area contributed by atoms with Crippen molar-refractivity contribution in [3.8, 4) is 0 Å². The molecule has 0 bridgehead atoms. The Balaban J connectivity index is 0.00000225. The molecule has 0 N–H and O–H groups in total. The minimum Gasteiger partial charge on any atom is -0.872 e. The molecule has 0 amide bonds. The summed E-state index contributed by atoms with van der Waals surface area (Å²) in [5.74, 6) is -2.23. The third-order valence-corrected chi connectivity index (χ3v) is 1.99. The summed E-state index contributed by atoms with van der Waals surface area (Å²) in [6.07, 6.45) is -1.51. The Morgan fingerprint density at radius 1 is 1.62 bits per heavy atom. The fourth-order valence-electron chi connectivity index (χ4n) is 1.01. The van der Waals surface area contributed by atoms with Crippen LogP contribution in [0.3, 0.4) is 0 Å². The maximum Gasteiger partial charge on any atom is 1.00 e. The molecular formula is C9H9F2N2NaO2. The second-order valence-electron chi connectivity index (χ2n) is 2.98. The first kappa shape index (κ1) is 15.3. The van der Waals surface area contributed by atoms with Crippen molar-refractivity contribution < 1.29 is 48.2 Å². The van der Waals surface area contributed by atoms with Gasteiger partial charge in [-0.15, -0.1) is 0 Å². The molecule has 0 spiro atoms. The van der Waals surface area contributed by atoms with Crippen LogP contribution >= 0.6 is 0 Å². The number of halogens is 2. The van der Waals surface area contributed by atoms with Crippen molar-refractivity contribution in [3.63, 3.8) is 0 Å². The van der Waals surface area contributed by atoms with Gasteiger partial charge in [-0.1, -0.05) is 5.76 Å². The number of allylic oxidation sites excluding steroid dienone is 2. The van der Waals surface area contributed by atoms with Crippen molar-refractivity contribution >= 4 is 5.78 Å². The summed E-state index contributed by atoms with van der Waals surface area (Å²) in [6, 6.07) is 0. The maximum atomic E-state index is 11.9. The van der Waals surface area contributed by atoms with Crippen LogP contribution in [0.5, 0.6) is 0 Å². The van der Waals surface area contributed by atoms with Crippen molar-refractivity contribution in [1.82, 2.24) is 9.78 Å². The molecule has 0 aliphatic heterocycles. The van der Waals surface area contributed by atoms with Gasteiger partial charge in [-0.3, -0.25) is 9.48 Å². The van der Waals surface area contributed by atoms with Crippen molar-refractivity contribution in [1.29, 1.82) is 0 Å². The molecule has 0 saturated heterocycles. The summed E-state index contributed by atoms with van der Waals surface area (Å²) in [6.45, 7) is 1.61. The Hall–Kier alpha value is -0.720. The molecule has 0 saturated carbocycles. The SMILES string of the molecule is Cc1c(C(=O)/C=C(/[O-])C(F)F)cnn1C.[Na+]. The minimum absolute atomic E-state index is 0. The quantitative estimate of drug-likeness (QED) is 0.251. The molecule has 0 aliphatic carbocycles. The smallest absolute Gasteiger partial charge is 0.872 e. The van der Waals surface area contributed by atoms with Gasteiger partial charge < -0.3 is 5.11 Å². The Morgan fingerprint density at radius 2 is 2.19 bits per heavy atom. The Morgan fingerprint density at radius 3 is 2.56 bits per heavy atom. The van der Waals surface area contributed by atoms with E-state index < -0.39 is 18.0 Å². The summed E-state index contributed by atoms with van der Waals surface area (Å²) in [5.41, 5.74) is 0.685. The number of carbonyl (C=O) groups is 1. The minimum atomic E-state index is -3.15. The summed E-state index contributed by atoms with van der Waals surface area (Å²) in [5, 5.41) is 14.4. The van der Waals surface area contributed by atoms with E-state index in [9.17, 15) is 18.7 Å². The number of hydrogen-bond acceptors (Lipinski definition) is 3. The standard InChI is InChI=1S/C9H10F2N2O2.Na/c1-5-6(4-12-13(5)2)7(14)3-8(15)9(10)11;/h3-4,9,15H,1-2H3;/q;+1/p-1/b8-3+;. The van der Waals surface area contributed by atoms with Gasteiger partial charge in [0.05, 0.1) is 11.8 Å². The normalized spacial score (nSPS) is 11.4. The predicted molar refractivity (Wildman–Crippen MR) is 46.4 cm³/mol. The van der Waals surface area contributed by atoms with E-state index >= 15 is 0 Å². The molecule has 4 nitrogen and oxygen atoms in total. The fourth-order valence-corrected chi connectivity index (χ4v) is 1.01. The number of alkyl halides is 2. The van der Waals surface area contributed by atoms with Gasteiger partial charge in [-0.2, -0.15) is 5.10 Å². The van der Waals surface area contributed by atoms with Gasteiger partial charge in [0, 0.05) is 12.7 Å². The number of aromatic nitrogens is 2. The number of ketones is 1. The fraction of sp³-hybridized carbons (Fsp3) is 0.333. The van der Waals surface area contributed by atoms with Crippen LogP contribution in [-0.4, -0.2) is 22.0 Å². The third-order valence-electron chi connectivity index (χ3n) is 1.99. The summed E-state index contributed by atoms with van der Waals surface area (Å²) < 4.78 is 25.1. The van der Waals surface area contributed by atoms with Crippen LogP contribution < -0.4 is 34.7 Å². The van der Waals surface area contributed by atoms with Crippen LogP contribution in [0.4, 0.5) is 8.78 Å². The zero-order chi connectivity index (χ0) is 11.6. The van der Waals surface area contributed by atoms with Gasteiger partial charge in [-0.05, 0) is 13.0 Å². The number of aryl methyl sites for hydroxylation is 1. The summed E-state index contributed by atoms with van der Waals surface area (Å²) in [7, 11) is 1.61. The van der Waals surface area contributed by atoms with Gasteiger partial charge in [0.15, 0.2) is 5.78 Å². The van der Waals surface area contributed by atoms with Crippen LogP contribution in [0.1, 0.15) is 16.1 Å². The predicted octanol–water partition coefficient (Wildman–Crippen LogP) is -2.58. The van der Waals surface area contributed by atoms with Crippen molar-refractivity contribution in [3.05, 3.63) is 29.3 Å². The molecular weight excluding hydrogens is 229 g/mol. The van der Waals surface area contributed by atoms with Gasteiger partial charge >= 0.3 is 29.6 Å². The first-order valence-corrected chi connectivity index (χ1v) is 4.13. The molecule has 1 rings (SSSR count). The van der Waals surface area contributed by atoms with Gasteiger partial charge in [0.1, 0.15) is 0 Å². The Kier molecular flexibility index (Phi) is 5.85. The molecule has 16 heavy (non-hydrogen) atoms. The maximum absolute atomic E-state index is 11.9. The van der Waals surface area contributed by atoms with E-state index in [0.29, 0.717) is 11.8 Å². The molecule has 1 heterocycles. The van der Waals surface area contributed by atoms with E-state index in [4.69, 9.17) is 0 Å². The third kappa shape index (κ3) is 3.40. The van der Waals surface area contributed by atoms with E-state index in [1.165, 1.54) is 10.9 Å². The van der Waals surface area contributed by atoms with Crippen LogP contribution in [-0.2, 0) is 7.05 Å². The van der Waals surface area contributed by atoms with Crippen molar-refractivity contribution in [2.45, 2.75) is 13.3 Å². The largest absolute Gasteiger partial charge is 1.00 e. The van der Waals surface area contributed by atoms with Gasteiger partial charge in [0.25, 0.3) is 0 Å². The zero-order valence-electron chi connectivity index (χ0n) is 9.20. The molecule has 0 atom stereocenters. The second kappa shape index (κ2) is 6.12. The van der Waals surface area contributed by atoms with E-state index in [-0.39, 0.29) is 35.1 Å². The van der Waals surface area contributed by atoms with Crippen LogP contribution in [0.25, 0.3) is 0 Å². The number of nitrogens with zero attached hydrogens (tertiary/aromatic N) is 2. The molecule has 1 aromatic rings. The number of hydrogen-bond donors (Lipinski definition) is 0. The average Bonchev–Trinajstić information content (AvgIpc) is 2.47.